The van der Waals surface area contributed by atoms with Gasteiger partial charge in [-0.05, 0) is 42.9 Å². The number of rotatable bonds is 5. The summed E-state index contributed by atoms with van der Waals surface area (Å²) in [6.07, 6.45) is 6.08. The Morgan fingerprint density at radius 2 is 1.72 bits per heavy atom. The number of aromatic nitrogens is 2. The van der Waals surface area contributed by atoms with Crippen molar-refractivity contribution in [3.8, 4) is 0 Å². The third kappa shape index (κ3) is 4.59. The highest BCUT2D eigenvalue weighted by molar-refractivity contribution is 6.02. The van der Waals surface area contributed by atoms with Crippen LogP contribution in [0.1, 0.15) is 28.8 Å². The number of esters is 1. The van der Waals surface area contributed by atoms with Crippen LogP contribution in [-0.2, 0) is 16.0 Å². The molecule has 1 fully saturated rings. The van der Waals surface area contributed by atoms with E-state index in [1.54, 1.807) is 29.3 Å². The first kappa shape index (κ1) is 19.1. The van der Waals surface area contributed by atoms with Gasteiger partial charge in [0, 0.05) is 25.5 Å². The SMILES string of the molecule is O=C(OCC(=O)N1CCC(Cc2ccccc2)CC1)c1cccc2nccnc12. The van der Waals surface area contributed by atoms with Crippen LogP contribution in [0.3, 0.4) is 0 Å². The molecule has 0 unspecified atom stereocenters. The predicted octanol–water partition coefficient (Wildman–Crippen LogP) is 3.27. The Labute approximate surface area is 169 Å². The minimum absolute atomic E-state index is 0.150. The Morgan fingerprint density at radius 3 is 2.52 bits per heavy atom. The number of amides is 1. The molecular weight excluding hydrogens is 366 g/mol. The summed E-state index contributed by atoms with van der Waals surface area (Å²) in [5.41, 5.74) is 2.76. The van der Waals surface area contributed by atoms with Gasteiger partial charge in [-0.2, -0.15) is 0 Å². The summed E-state index contributed by atoms with van der Waals surface area (Å²) < 4.78 is 5.28. The summed E-state index contributed by atoms with van der Waals surface area (Å²) >= 11 is 0. The molecule has 0 radical (unpaired) electrons. The van der Waals surface area contributed by atoms with E-state index in [0.29, 0.717) is 35.6 Å². The van der Waals surface area contributed by atoms with Gasteiger partial charge in [-0.1, -0.05) is 36.4 Å². The molecule has 1 aliphatic heterocycles. The van der Waals surface area contributed by atoms with Crippen LogP contribution in [-0.4, -0.2) is 46.4 Å². The van der Waals surface area contributed by atoms with E-state index in [0.717, 1.165) is 19.3 Å². The fourth-order valence-corrected chi connectivity index (χ4v) is 3.79. The van der Waals surface area contributed by atoms with Gasteiger partial charge >= 0.3 is 5.97 Å². The number of nitrogens with zero attached hydrogens (tertiary/aromatic N) is 3. The van der Waals surface area contributed by atoms with Crippen LogP contribution in [0.25, 0.3) is 11.0 Å². The van der Waals surface area contributed by atoms with Crippen molar-refractivity contribution in [3.63, 3.8) is 0 Å². The first-order valence-corrected chi connectivity index (χ1v) is 9.89. The zero-order valence-electron chi connectivity index (χ0n) is 16.2. The van der Waals surface area contributed by atoms with E-state index >= 15 is 0 Å². The maximum Gasteiger partial charge on any atom is 0.340 e. The molecule has 0 atom stereocenters. The van der Waals surface area contributed by atoms with Crippen molar-refractivity contribution in [1.82, 2.24) is 14.9 Å². The molecular formula is C23H23N3O3. The minimum atomic E-state index is -0.552. The van der Waals surface area contributed by atoms with Crippen LogP contribution in [0.4, 0.5) is 0 Å². The van der Waals surface area contributed by atoms with Crippen molar-refractivity contribution >= 4 is 22.9 Å². The van der Waals surface area contributed by atoms with E-state index in [9.17, 15) is 9.59 Å². The molecule has 6 nitrogen and oxygen atoms in total. The molecule has 1 aliphatic rings. The number of para-hydroxylation sites is 1. The zero-order valence-corrected chi connectivity index (χ0v) is 16.2. The van der Waals surface area contributed by atoms with E-state index in [-0.39, 0.29) is 12.5 Å². The first-order valence-electron chi connectivity index (χ1n) is 9.89. The second kappa shape index (κ2) is 8.82. The lowest BCUT2D eigenvalue weighted by Crippen LogP contribution is -2.41. The molecule has 2 aromatic carbocycles. The number of likely N-dealkylation sites (tertiary alicyclic amines) is 1. The van der Waals surface area contributed by atoms with Crippen LogP contribution in [0.15, 0.2) is 60.9 Å². The third-order valence-corrected chi connectivity index (χ3v) is 5.38. The fourth-order valence-electron chi connectivity index (χ4n) is 3.79. The van der Waals surface area contributed by atoms with Crippen molar-refractivity contribution in [2.75, 3.05) is 19.7 Å². The van der Waals surface area contributed by atoms with Crippen LogP contribution in [0, 0.1) is 5.92 Å². The van der Waals surface area contributed by atoms with Gasteiger partial charge in [0.15, 0.2) is 6.61 Å². The number of hydrogen-bond acceptors (Lipinski definition) is 5. The average molecular weight is 389 g/mol. The number of piperidine rings is 1. The van der Waals surface area contributed by atoms with Crippen molar-refractivity contribution in [3.05, 3.63) is 72.1 Å². The van der Waals surface area contributed by atoms with Gasteiger partial charge in [-0.3, -0.25) is 14.8 Å². The van der Waals surface area contributed by atoms with Crippen LogP contribution >= 0.6 is 0 Å². The molecule has 2 heterocycles. The predicted molar refractivity (Wildman–Crippen MR) is 109 cm³/mol. The molecule has 0 N–H and O–H groups in total. The van der Waals surface area contributed by atoms with Gasteiger partial charge in [0.25, 0.3) is 5.91 Å². The van der Waals surface area contributed by atoms with Crippen LogP contribution < -0.4 is 0 Å². The van der Waals surface area contributed by atoms with Gasteiger partial charge in [0.1, 0.15) is 5.52 Å². The second-order valence-corrected chi connectivity index (χ2v) is 7.32. The van der Waals surface area contributed by atoms with Crippen molar-refractivity contribution < 1.29 is 14.3 Å². The van der Waals surface area contributed by atoms with Crippen molar-refractivity contribution in [2.24, 2.45) is 5.92 Å². The normalized spacial score (nSPS) is 14.7. The van der Waals surface area contributed by atoms with E-state index < -0.39 is 5.97 Å². The van der Waals surface area contributed by atoms with E-state index in [1.165, 1.54) is 11.8 Å². The topological polar surface area (TPSA) is 72.4 Å². The number of hydrogen-bond donors (Lipinski definition) is 0. The van der Waals surface area contributed by atoms with Gasteiger partial charge in [-0.15, -0.1) is 0 Å². The highest BCUT2D eigenvalue weighted by Gasteiger charge is 2.24. The van der Waals surface area contributed by atoms with E-state index in [1.807, 2.05) is 6.07 Å². The molecule has 6 heteroatoms. The number of carbonyl (C=O) groups excluding carboxylic acids is 2. The summed E-state index contributed by atoms with van der Waals surface area (Å²) in [6.45, 7) is 1.15. The third-order valence-electron chi connectivity index (χ3n) is 5.38. The Bertz CT molecular complexity index is 993. The molecule has 0 bridgehead atoms. The van der Waals surface area contributed by atoms with Gasteiger partial charge in [0.2, 0.25) is 0 Å². The lowest BCUT2D eigenvalue weighted by Gasteiger charge is -2.32. The fraction of sp³-hybridized carbons (Fsp3) is 0.304. The summed E-state index contributed by atoms with van der Waals surface area (Å²) in [5.74, 6) is -0.121. The lowest BCUT2D eigenvalue weighted by molar-refractivity contribution is -0.135. The Morgan fingerprint density at radius 1 is 0.966 bits per heavy atom. The highest BCUT2D eigenvalue weighted by Crippen LogP contribution is 2.22. The van der Waals surface area contributed by atoms with E-state index in [4.69, 9.17) is 4.74 Å². The number of ether oxygens (including phenoxy) is 1. The molecule has 0 saturated carbocycles. The summed E-state index contributed by atoms with van der Waals surface area (Å²) in [7, 11) is 0. The average Bonchev–Trinajstić information content (AvgIpc) is 2.78. The number of carbonyl (C=O) groups is 2. The maximum atomic E-state index is 12.5. The molecule has 0 aliphatic carbocycles. The maximum absolute atomic E-state index is 12.5. The quantitative estimate of drug-likeness (QED) is 0.626. The lowest BCUT2D eigenvalue weighted by atomic mass is 9.90. The molecule has 1 saturated heterocycles. The van der Waals surface area contributed by atoms with Gasteiger partial charge in [0.05, 0.1) is 11.1 Å². The summed E-state index contributed by atoms with van der Waals surface area (Å²) in [5, 5.41) is 0. The highest BCUT2D eigenvalue weighted by atomic mass is 16.5. The van der Waals surface area contributed by atoms with E-state index in [2.05, 4.69) is 34.2 Å². The Kier molecular flexibility index (Phi) is 5.79. The first-order chi connectivity index (χ1) is 14.2. The second-order valence-electron chi connectivity index (χ2n) is 7.32. The van der Waals surface area contributed by atoms with Gasteiger partial charge in [-0.25, -0.2) is 4.79 Å². The molecule has 4 rings (SSSR count). The largest absolute Gasteiger partial charge is 0.452 e. The molecule has 29 heavy (non-hydrogen) atoms. The summed E-state index contributed by atoms with van der Waals surface area (Å²) in [6, 6.07) is 15.6. The molecule has 3 aromatic rings. The summed E-state index contributed by atoms with van der Waals surface area (Å²) in [4.78, 5) is 35.1. The van der Waals surface area contributed by atoms with Gasteiger partial charge < -0.3 is 9.64 Å². The standard InChI is InChI=1S/C23H23N3O3/c27-21(26-13-9-18(10-14-26)15-17-5-2-1-3-6-17)16-29-23(28)19-7-4-8-20-22(19)25-12-11-24-20/h1-8,11-12,18H,9-10,13-16H2. The number of fused-ring (bicyclic) bond motifs is 1. The molecule has 1 aromatic heterocycles. The monoisotopic (exact) mass is 389 g/mol. The smallest absolute Gasteiger partial charge is 0.340 e. The van der Waals surface area contributed by atoms with Crippen LogP contribution in [0.5, 0.6) is 0 Å². The minimum Gasteiger partial charge on any atom is -0.452 e. The van der Waals surface area contributed by atoms with Crippen molar-refractivity contribution in [2.45, 2.75) is 19.3 Å². The van der Waals surface area contributed by atoms with Crippen LogP contribution in [0.2, 0.25) is 0 Å². The van der Waals surface area contributed by atoms with Crippen molar-refractivity contribution in [1.29, 1.82) is 0 Å². The Hall–Kier alpha value is -3.28. The number of benzene rings is 2. The molecule has 1 amide bonds. The molecule has 148 valence electrons. The Balaban J connectivity index is 1.28. The molecule has 0 spiro atoms. The zero-order chi connectivity index (χ0) is 20.1.